The van der Waals surface area contributed by atoms with E-state index in [9.17, 15) is 4.79 Å². The lowest BCUT2D eigenvalue weighted by Gasteiger charge is -2.15. The molecule has 2 fully saturated rings. The third-order valence-corrected chi connectivity index (χ3v) is 7.47. The lowest BCUT2D eigenvalue weighted by Crippen LogP contribution is -2.32. The lowest BCUT2D eigenvalue weighted by atomic mass is 9.98. The molecular weight excluding hydrogens is 492 g/mol. The largest absolute Gasteiger partial charge is 0.456 e. The van der Waals surface area contributed by atoms with Crippen LogP contribution in [0.4, 0.5) is 0 Å². The van der Waals surface area contributed by atoms with Gasteiger partial charge in [0.25, 0.3) is 11.6 Å². The van der Waals surface area contributed by atoms with Crippen molar-refractivity contribution >= 4 is 33.5 Å². The normalized spacial score (nSPS) is 21.1. The fourth-order valence-corrected chi connectivity index (χ4v) is 5.52. The molecule has 5 heterocycles. The van der Waals surface area contributed by atoms with E-state index in [-0.39, 0.29) is 23.9 Å². The molecule has 0 radical (unpaired) electrons. The summed E-state index contributed by atoms with van der Waals surface area (Å²) in [5, 5.41) is 2.12. The number of H-pyrrole nitrogens is 1. The third-order valence-electron chi connectivity index (χ3n) is 7.18. The van der Waals surface area contributed by atoms with Gasteiger partial charge in [0.1, 0.15) is 6.10 Å². The van der Waals surface area contributed by atoms with Gasteiger partial charge in [-0.1, -0.05) is 48.0 Å². The van der Waals surface area contributed by atoms with Crippen LogP contribution in [-0.4, -0.2) is 51.0 Å². The summed E-state index contributed by atoms with van der Waals surface area (Å²) in [6, 6.07) is 17.9. The van der Waals surface area contributed by atoms with Gasteiger partial charge in [-0.3, -0.25) is 4.79 Å². The molecule has 8 nitrogen and oxygen atoms in total. The smallest absolute Gasteiger partial charge is 0.296 e. The molecular formula is C28H23ClN4O4. The van der Waals surface area contributed by atoms with Gasteiger partial charge >= 0.3 is 0 Å². The quantitative estimate of drug-likeness (QED) is 0.373. The molecule has 1 N–H and O–H groups in total. The summed E-state index contributed by atoms with van der Waals surface area (Å²) in [5.41, 5.74) is 4.69. The molecule has 5 aromatic rings. The minimum absolute atomic E-state index is 0.0151. The average Bonchev–Trinajstić information content (AvgIpc) is 3.63. The van der Waals surface area contributed by atoms with Crippen LogP contribution in [0.3, 0.4) is 0 Å². The number of benzene rings is 2. The van der Waals surface area contributed by atoms with Crippen LogP contribution in [0.2, 0.25) is 5.02 Å². The first kappa shape index (κ1) is 22.5. The van der Waals surface area contributed by atoms with Crippen LogP contribution in [0.5, 0.6) is 6.01 Å². The Morgan fingerprint density at radius 2 is 1.89 bits per heavy atom. The van der Waals surface area contributed by atoms with Crippen LogP contribution < -0.4 is 10.3 Å². The minimum Gasteiger partial charge on any atom is -0.456 e. The highest BCUT2D eigenvalue weighted by Crippen LogP contribution is 2.34. The number of aromatic nitrogens is 4. The first-order chi connectivity index (χ1) is 18.0. The molecule has 0 bridgehead atoms. The molecule has 186 valence electrons. The van der Waals surface area contributed by atoms with Gasteiger partial charge in [0.05, 0.1) is 28.9 Å². The molecule has 3 atom stereocenters. The molecule has 37 heavy (non-hydrogen) atoms. The van der Waals surface area contributed by atoms with Crippen molar-refractivity contribution in [3.8, 4) is 28.4 Å². The Hall–Kier alpha value is -3.72. The van der Waals surface area contributed by atoms with Crippen molar-refractivity contribution in [2.75, 3.05) is 13.2 Å². The summed E-state index contributed by atoms with van der Waals surface area (Å²) in [7, 11) is 1.76. The van der Waals surface area contributed by atoms with E-state index in [4.69, 9.17) is 30.8 Å². The van der Waals surface area contributed by atoms with E-state index >= 15 is 0 Å². The molecule has 0 spiro atoms. The lowest BCUT2D eigenvalue weighted by molar-refractivity contribution is 0.0273. The van der Waals surface area contributed by atoms with Crippen molar-refractivity contribution in [2.45, 2.75) is 24.7 Å². The SMILES string of the molecule is Cn1ccc2c(-c3ccc(-c4nc5nc(OC6CO[C@@H]7CCO[C@H]67)[nH]c5cc4Cl)cc3)cccc2c1=O. The maximum absolute atomic E-state index is 12.6. The van der Waals surface area contributed by atoms with Gasteiger partial charge in [-0.25, -0.2) is 4.98 Å². The number of aromatic amines is 1. The molecule has 9 heteroatoms. The molecule has 2 saturated heterocycles. The number of hydrogen-bond donors (Lipinski definition) is 1. The number of ether oxygens (including phenoxy) is 3. The highest BCUT2D eigenvalue weighted by atomic mass is 35.5. The van der Waals surface area contributed by atoms with Crippen molar-refractivity contribution in [3.05, 3.63) is 76.2 Å². The Morgan fingerprint density at radius 3 is 2.76 bits per heavy atom. The van der Waals surface area contributed by atoms with Gasteiger partial charge in [0.2, 0.25) is 0 Å². The molecule has 2 aliphatic rings. The van der Waals surface area contributed by atoms with E-state index in [0.717, 1.165) is 28.5 Å². The van der Waals surface area contributed by atoms with Crippen LogP contribution in [0.1, 0.15) is 6.42 Å². The van der Waals surface area contributed by atoms with E-state index in [1.165, 1.54) is 0 Å². The van der Waals surface area contributed by atoms with Crippen LogP contribution in [0.25, 0.3) is 44.3 Å². The average molecular weight is 515 g/mol. The van der Waals surface area contributed by atoms with E-state index in [1.54, 1.807) is 17.8 Å². The molecule has 0 amide bonds. The van der Waals surface area contributed by atoms with E-state index < -0.39 is 0 Å². The van der Waals surface area contributed by atoms with Crippen molar-refractivity contribution < 1.29 is 14.2 Å². The molecule has 2 aliphatic heterocycles. The van der Waals surface area contributed by atoms with Gasteiger partial charge in [-0.2, -0.15) is 4.98 Å². The standard InChI is InChI=1S/C28H23ClN4O4/c1-33-11-9-18-17(3-2-4-19(18)27(33)34)15-5-7-16(8-6-15)24-20(29)13-21-26(31-24)32-28(30-21)37-23-14-36-22-10-12-35-25(22)23/h2-9,11,13,22-23,25H,10,12,14H2,1H3,(H,30,31,32)/t22-,23?,25+/m1/s1. The zero-order valence-electron chi connectivity index (χ0n) is 20.0. The number of aryl methyl sites for hydroxylation is 1. The van der Waals surface area contributed by atoms with E-state index in [2.05, 4.69) is 9.97 Å². The highest BCUT2D eigenvalue weighted by molar-refractivity contribution is 6.33. The summed E-state index contributed by atoms with van der Waals surface area (Å²) in [6.45, 7) is 1.16. The van der Waals surface area contributed by atoms with Crippen molar-refractivity contribution in [1.29, 1.82) is 0 Å². The predicted molar refractivity (Wildman–Crippen MR) is 141 cm³/mol. The monoisotopic (exact) mass is 514 g/mol. The Balaban J connectivity index is 1.19. The fraction of sp³-hybridized carbons (Fsp3) is 0.250. The number of hydrogen-bond acceptors (Lipinski definition) is 6. The summed E-state index contributed by atoms with van der Waals surface area (Å²) < 4.78 is 19.2. The molecule has 0 aliphatic carbocycles. The van der Waals surface area contributed by atoms with Gasteiger partial charge in [-0.15, -0.1) is 0 Å². The Morgan fingerprint density at radius 1 is 1.05 bits per heavy atom. The van der Waals surface area contributed by atoms with E-state index in [1.807, 2.05) is 54.6 Å². The van der Waals surface area contributed by atoms with Gasteiger partial charge < -0.3 is 23.8 Å². The molecule has 2 aromatic carbocycles. The summed E-state index contributed by atoms with van der Waals surface area (Å²) >= 11 is 6.63. The molecule has 0 saturated carbocycles. The summed E-state index contributed by atoms with van der Waals surface area (Å²) in [5.74, 6) is 0. The molecule has 7 rings (SSSR count). The zero-order chi connectivity index (χ0) is 25.1. The Labute approximate surface area is 216 Å². The summed E-state index contributed by atoms with van der Waals surface area (Å²) in [6.07, 6.45) is 2.51. The number of rotatable bonds is 4. The molecule has 1 unspecified atom stereocenters. The number of nitrogens with one attached hydrogen (secondary N) is 1. The van der Waals surface area contributed by atoms with Crippen LogP contribution >= 0.6 is 11.6 Å². The highest BCUT2D eigenvalue weighted by Gasteiger charge is 2.43. The topological polar surface area (TPSA) is 91.3 Å². The van der Waals surface area contributed by atoms with Gasteiger partial charge in [0, 0.05) is 30.8 Å². The fourth-order valence-electron chi connectivity index (χ4n) is 5.26. The van der Waals surface area contributed by atoms with Crippen molar-refractivity contribution in [1.82, 2.24) is 19.5 Å². The maximum Gasteiger partial charge on any atom is 0.296 e. The second-order valence-corrected chi connectivity index (χ2v) is 9.87. The van der Waals surface area contributed by atoms with Crippen LogP contribution in [0.15, 0.2) is 65.6 Å². The van der Waals surface area contributed by atoms with Crippen molar-refractivity contribution in [3.63, 3.8) is 0 Å². The third kappa shape index (κ3) is 3.80. The first-order valence-corrected chi connectivity index (χ1v) is 12.6. The Kier molecular flexibility index (Phi) is 5.28. The maximum atomic E-state index is 12.6. The number of halogens is 1. The zero-order valence-corrected chi connectivity index (χ0v) is 20.7. The van der Waals surface area contributed by atoms with Crippen LogP contribution in [0, 0.1) is 0 Å². The number of pyridine rings is 2. The number of imidazole rings is 1. The minimum atomic E-state index is -0.204. The van der Waals surface area contributed by atoms with Gasteiger partial charge in [0.15, 0.2) is 11.8 Å². The Bertz CT molecular complexity index is 1710. The summed E-state index contributed by atoms with van der Waals surface area (Å²) in [4.78, 5) is 25.0. The van der Waals surface area contributed by atoms with Gasteiger partial charge in [-0.05, 0) is 41.1 Å². The second kappa shape index (κ2) is 8.69. The predicted octanol–water partition coefficient (Wildman–Crippen LogP) is 4.73. The van der Waals surface area contributed by atoms with Crippen molar-refractivity contribution in [2.24, 2.45) is 7.05 Å². The number of fused-ring (bicyclic) bond motifs is 3. The number of nitrogens with zero attached hydrogens (tertiary/aromatic N) is 3. The second-order valence-electron chi connectivity index (χ2n) is 9.46. The van der Waals surface area contributed by atoms with Crippen LogP contribution in [-0.2, 0) is 16.5 Å². The first-order valence-electron chi connectivity index (χ1n) is 12.2. The molecule has 3 aromatic heterocycles. The van der Waals surface area contributed by atoms with E-state index in [0.29, 0.717) is 46.5 Å².